The van der Waals surface area contributed by atoms with Crippen molar-refractivity contribution in [3.8, 4) is 5.75 Å². The van der Waals surface area contributed by atoms with Gasteiger partial charge in [-0.2, -0.15) is 0 Å². The monoisotopic (exact) mass is 394 g/mol. The molecular formula is C18H19ClN2O4S. The standard InChI is InChI=1S/C18H19ClN2O4S/c1-11-9-15(11)18(22)20-13-5-8-16(19)17(10-13)26(23,24)21-12-3-6-14(25-2)7-4-12/h3-8,10-11,15,21H,9H2,1-2H3,(H,20,22)/t11-,15-/m1/s1. The molecule has 0 aromatic heterocycles. The van der Waals surface area contributed by atoms with E-state index in [1.54, 1.807) is 30.3 Å². The summed E-state index contributed by atoms with van der Waals surface area (Å²) in [6.45, 7) is 2.00. The lowest BCUT2D eigenvalue weighted by molar-refractivity contribution is -0.117. The number of halogens is 1. The van der Waals surface area contributed by atoms with Gasteiger partial charge in [0.15, 0.2) is 0 Å². The van der Waals surface area contributed by atoms with E-state index >= 15 is 0 Å². The molecule has 0 radical (unpaired) electrons. The first-order chi connectivity index (χ1) is 12.3. The van der Waals surface area contributed by atoms with E-state index in [2.05, 4.69) is 10.0 Å². The van der Waals surface area contributed by atoms with Crippen molar-refractivity contribution < 1.29 is 17.9 Å². The van der Waals surface area contributed by atoms with Crippen molar-refractivity contribution in [3.05, 3.63) is 47.5 Å². The quantitative estimate of drug-likeness (QED) is 0.781. The third kappa shape index (κ3) is 4.11. The van der Waals surface area contributed by atoms with Crippen LogP contribution in [0.1, 0.15) is 13.3 Å². The maximum absolute atomic E-state index is 12.7. The number of sulfonamides is 1. The van der Waals surface area contributed by atoms with Crippen LogP contribution in [0.4, 0.5) is 11.4 Å². The topological polar surface area (TPSA) is 84.5 Å². The maximum atomic E-state index is 12.7. The number of nitrogens with one attached hydrogen (secondary N) is 2. The Morgan fingerprint density at radius 1 is 1.15 bits per heavy atom. The Kier molecular flexibility index (Phi) is 5.11. The second-order valence-electron chi connectivity index (χ2n) is 6.29. The van der Waals surface area contributed by atoms with Gasteiger partial charge in [-0.1, -0.05) is 18.5 Å². The van der Waals surface area contributed by atoms with Crippen LogP contribution >= 0.6 is 11.6 Å². The molecule has 0 unspecified atom stereocenters. The minimum Gasteiger partial charge on any atom is -0.497 e. The normalized spacial score (nSPS) is 18.9. The molecule has 3 rings (SSSR count). The second-order valence-corrected chi connectivity index (χ2v) is 8.35. The Bertz CT molecular complexity index is 929. The summed E-state index contributed by atoms with van der Waals surface area (Å²) >= 11 is 6.08. The molecule has 0 aliphatic heterocycles. The lowest BCUT2D eigenvalue weighted by atomic mass is 10.3. The summed E-state index contributed by atoms with van der Waals surface area (Å²) in [5.41, 5.74) is 0.775. The van der Waals surface area contributed by atoms with Crippen LogP contribution in [0.2, 0.25) is 5.02 Å². The number of hydrogen-bond donors (Lipinski definition) is 2. The van der Waals surface area contributed by atoms with Crippen molar-refractivity contribution in [3.63, 3.8) is 0 Å². The van der Waals surface area contributed by atoms with E-state index in [0.29, 0.717) is 23.0 Å². The molecule has 1 saturated carbocycles. The highest BCUT2D eigenvalue weighted by molar-refractivity contribution is 7.92. The van der Waals surface area contributed by atoms with Crippen molar-refractivity contribution in [2.24, 2.45) is 11.8 Å². The van der Waals surface area contributed by atoms with Crippen LogP contribution in [0.15, 0.2) is 47.4 Å². The first-order valence-corrected chi connectivity index (χ1v) is 9.93. The zero-order valence-electron chi connectivity index (χ0n) is 14.3. The van der Waals surface area contributed by atoms with Gasteiger partial charge in [0.05, 0.1) is 12.1 Å². The van der Waals surface area contributed by atoms with Gasteiger partial charge in [0.25, 0.3) is 10.0 Å². The van der Waals surface area contributed by atoms with Gasteiger partial charge in [-0.15, -0.1) is 0 Å². The first-order valence-electron chi connectivity index (χ1n) is 8.07. The molecule has 1 fully saturated rings. The minimum atomic E-state index is -3.91. The third-order valence-electron chi connectivity index (χ3n) is 4.28. The van der Waals surface area contributed by atoms with E-state index in [1.807, 2.05) is 6.92 Å². The van der Waals surface area contributed by atoms with Gasteiger partial charge < -0.3 is 10.1 Å². The number of rotatable bonds is 6. The molecular weight excluding hydrogens is 376 g/mol. The summed E-state index contributed by atoms with van der Waals surface area (Å²) in [7, 11) is -2.38. The summed E-state index contributed by atoms with van der Waals surface area (Å²) < 4.78 is 32.9. The molecule has 8 heteroatoms. The van der Waals surface area contributed by atoms with Crippen molar-refractivity contribution in [1.82, 2.24) is 0 Å². The second kappa shape index (κ2) is 7.17. The summed E-state index contributed by atoms with van der Waals surface area (Å²) in [5, 5.41) is 2.82. The van der Waals surface area contributed by atoms with Crippen LogP contribution in [0, 0.1) is 11.8 Å². The highest BCUT2D eigenvalue weighted by atomic mass is 35.5. The summed E-state index contributed by atoms with van der Waals surface area (Å²) in [6, 6.07) is 10.9. The van der Waals surface area contributed by atoms with Crippen molar-refractivity contribution in [2.45, 2.75) is 18.2 Å². The molecule has 1 aliphatic rings. The van der Waals surface area contributed by atoms with Gasteiger partial charge in [-0.05, 0) is 54.8 Å². The van der Waals surface area contributed by atoms with Crippen LogP contribution in [-0.4, -0.2) is 21.4 Å². The molecule has 2 aromatic carbocycles. The number of ether oxygens (including phenoxy) is 1. The molecule has 2 aromatic rings. The van der Waals surface area contributed by atoms with Gasteiger partial charge in [-0.25, -0.2) is 8.42 Å². The average Bonchev–Trinajstić information content (AvgIpc) is 3.34. The molecule has 2 N–H and O–H groups in total. The van der Waals surface area contributed by atoms with Gasteiger partial charge in [0, 0.05) is 17.3 Å². The highest BCUT2D eigenvalue weighted by Crippen LogP contribution is 2.38. The highest BCUT2D eigenvalue weighted by Gasteiger charge is 2.39. The van der Waals surface area contributed by atoms with Crippen LogP contribution in [0.5, 0.6) is 5.75 Å². The third-order valence-corrected chi connectivity index (χ3v) is 6.14. The largest absolute Gasteiger partial charge is 0.497 e. The number of benzene rings is 2. The minimum absolute atomic E-state index is 0.0110. The van der Waals surface area contributed by atoms with Crippen LogP contribution in [0.3, 0.4) is 0 Å². The van der Waals surface area contributed by atoms with Gasteiger partial charge >= 0.3 is 0 Å². The van der Waals surface area contributed by atoms with Gasteiger partial charge in [-0.3, -0.25) is 9.52 Å². The first kappa shape index (κ1) is 18.5. The lowest BCUT2D eigenvalue weighted by Crippen LogP contribution is -2.16. The molecule has 2 atom stereocenters. The fourth-order valence-corrected chi connectivity index (χ4v) is 4.16. The summed E-state index contributed by atoms with van der Waals surface area (Å²) in [4.78, 5) is 12.0. The summed E-state index contributed by atoms with van der Waals surface area (Å²) in [6.07, 6.45) is 0.851. The molecule has 6 nitrogen and oxygen atoms in total. The Morgan fingerprint density at radius 2 is 1.77 bits per heavy atom. The van der Waals surface area contributed by atoms with Crippen molar-refractivity contribution in [1.29, 1.82) is 0 Å². The van der Waals surface area contributed by atoms with E-state index < -0.39 is 10.0 Å². The number of anilines is 2. The van der Waals surface area contributed by atoms with E-state index in [4.69, 9.17) is 16.3 Å². The molecule has 26 heavy (non-hydrogen) atoms. The van der Waals surface area contributed by atoms with E-state index in [1.165, 1.54) is 19.2 Å². The number of hydrogen-bond acceptors (Lipinski definition) is 4. The lowest BCUT2D eigenvalue weighted by Gasteiger charge is -2.12. The fourth-order valence-electron chi connectivity index (χ4n) is 2.58. The van der Waals surface area contributed by atoms with Crippen LogP contribution in [-0.2, 0) is 14.8 Å². The Balaban J connectivity index is 1.81. The number of carbonyl (C=O) groups is 1. The van der Waals surface area contributed by atoms with Gasteiger partial charge in [0.2, 0.25) is 5.91 Å². The molecule has 1 amide bonds. The van der Waals surface area contributed by atoms with Crippen molar-refractivity contribution in [2.75, 3.05) is 17.1 Å². The number of methoxy groups -OCH3 is 1. The fraction of sp³-hybridized carbons (Fsp3) is 0.278. The predicted molar refractivity (Wildman–Crippen MR) is 101 cm³/mol. The zero-order valence-corrected chi connectivity index (χ0v) is 15.9. The van der Waals surface area contributed by atoms with E-state index in [0.717, 1.165) is 6.42 Å². The molecule has 1 aliphatic carbocycles. The van der Waals surface area contributed by atoms with Crippen LogP contribution in [0.25, 0.3) is 0 Å². The summed E-state index contributed by atoms with van der Waals surface area (Å²) in [5.74, 6) is 0.863. The average molecular weight is 395 g/mol. The van der Waals surface area contributed by atoms with E-state index in [-0.39, 0.29) is 21.7 Å². The molecule has 0 saturated heterocycles. The van der Waals surface area contributed by atoms with Gasteiger partial charge in [0.1, 0.15) is 10.6 Å². The molecule has 0 heterocycles. The Labute approximate surface area is 157 Å². The zero-order chi connectivity index (χ0) is 18.9. The van der Waals surface area contributed by atoms with Crippen molar-refractivity contribution >= 4 is 38.9 Å². The predicted octanol–water partition coefficient (Wildman–Crippen LogP) is 3.74. The Morgan fingerprint density at radius 3 is 2.35 bits per heavy atom. The molecule has 138 valence electrons. The molecule has 0 spiro atoms. The molecule has 0 bridgehead atoms. The SMILES string of the molecule is COc1ccc(NS(=O)(=O)c2cc(NC(=O)[C@@H]3C[C@H]3C)ccc2Cl)cc1. The Hall–Kier alpha value is -2.25. The number of carbonyl (C=O) groups excluding carboxylic acids is 1. The smallest absolute Gasteiger partial charge is 0.263 e. The van der Waals surface area contributed by atoms with Crippen LogP contribution < -0.4 is 14.8 Å². The number of amides is 1. The van der Waals surface area contributed by atoms with E-state index in [9.17, 15) is 13.2 Å². The maximum Gasteiger partial charge on any atom is 0.263 e.